The van der Waals surface area contributed by atoms with Gasteiger partial charge in [0.25, 0.3) is 0 Å². The van der Waals surface area contributed by atoms with Crippen LogP contribution in [0.4, 0.5) is 0 Å². The van der Waals surface area contributed by atoms with Gasteiger partial charge in [0.15, 0.2) is 0 Å². The molecule has 0 aliphatic carbocycles. The van der Waals surface area contributed by atoms with Crippen molar-refractivity contribution in [3.05, 3.63) is 71.4 Å². The van der Waals surface area contributed by atoms with Crippen LogP contribution in [0.2, 0.25) is 0 Å². The van der Waals surface area contributed by atoms with E-state index in [1.165, 1.54) is 27.6 Å². The van der Waals surface area contributed by atoms with E-state index in [-0.39, 0.29) is 0 Å². The van der Waals surface area contributed by atoms with Crippen LogP contribution in [-0.4, -0.2) is 23.1 Å². The molecule has 2 heteroatoms. The van der Waals surface area contributed by atoms with E-state index in [1.807, 2.05) is 0 Å². The van der Waals surface area contributed by atoms with Crippen molar-refractivity contribution in [3.8, 4) is 0 Å². The summed E-state index contributed by atoms with van der Waals surface area (Å²) in [5.41, 5.74) is 5.80. The van der Waals surface area contributed by atoms with Gasteiger partial charge in [0, 0.05) is 42.7 Å². The second-order valence-corrected chi connectivity index (χ2v) is 6.33. The largest absolute Gasteiger partial charge is 0.348 e. The van der Waals surface area contributed by atoms with Crippen molar-refractivity contribution in [2.24, 2.45) is 0 Å². The molecule has 1 aromatic heterocycles. The van der Waals surface area contributed by atoms with Gasteiger partial charge in [-0.1, -0.05) is 36.4 Å². The molecule has 0 bridgehead atoms. The van der Waals surface area contributed by atoms with Crippen molar-refractivity contribution >= 4 is 10.9 Å². The Kier molecular flexibility index (Phi) is 3.27. The maximum absolute atomic E-state index is 2.45. The van der Waals surface area contributed by atoms with Crippen molar-refractivity contribution in [2.75, 3.05) is 13.6 Å². The van der Waals surface area contributed by atoms with Crippen LogP contribution in [0.25, 0.3) is 10.9 Å². The van der Waals surface area contributed by atoms with Gasteiger partial charge in [-0.2, -0.15) is 0 Å². The number of benzene rings is 2. The Hall–Kier alpha value is -2.06. The van der Waals surface area contributed by atoms with Gasteiger partial charge in [-0.25, -0.2) is 0 Å². The smallest absolute Gasteiger partial charge is 0.0483 e. The van der Waals surface area contributed by atoms with Crippen molar-refractivity contribution in [3.63, 3.8) is 0 Å². The fraction of sp³-hybridized carbons (Fsp3) is 0.300. The number of likely N-dealkylation sites (N-methyl/N-ethyl adjacent to an activating group) is 1. The van der Waals surface area contributed by atoms with Crippen LogP contribution in [-0.2, 0) is 13.1 Å². The predicted octanol–water partition coefficient (Wildman–Crippen LogP) is 4.24. The van der Waals surface area contributed by atoms with Crippen LogP contribution in [0.15, 0.2) is 54.7 Å². The van der Waals surface area contributed by atoms with E-state index in [4.69, 9.17) is 0 Å². The van der Waals surface area contributed by atoms with Crippen molar-refractivity contribution in [1.29, 1.82) is 0 Å². The molecule has 0 fully saturated rings. The molecular formula is C20H22N2. The zero-order valence-electron chi connectivity index (χ0n) is 13.3. The quantitative estimate of drug-likeness (QED) is 0.685. The third-order valence-electron chi connectivity index (χ3n) is 4.94. The fourth-order valence-electron chi connectivity index (χ4n) is 3.84. The maximum atomic E-state index is 2.45. The summed E-state index contributed by atoms with van der Waals surface area (Å²) in [5.74, 6) is 0.476. The van der Waals surface area contributed by atoms with Crippen LogP contribution < -0.4 is 0 Å². The standard InChI is InChI=1S/C20H22N2/c1-3-22-12-11-17-19-14-21(2)13-18(15-7-5-4-6-8-15)16(19)9-10-20(17)22/h4-12,18H,3,13-14H2,1-2H3. The highest BCUT2D eigenvalue weighted by Crippen LogP contribution is 2.37. The lowest BCUT2D eigenvalue weighted by Crippen LogP contribution is -2.31. The van der Waals surface area contributed by atoms with E-state index in [2.05, 4.69) is 78.2 Å². The molecule has 2 aromatic carbocycles. The molecule has 1 unspecified atom stereocenters. The average Bonchev–Trinajstić information content (AvgIpc) is 2.98. The van der Waals surface area contributed by atoms with E-state index in [1.54, 1.807) is 0 Å². The summed E-state index contributed by atoms with van der Waals surface area (Å²) in [5, 5.41) is 1.42. The minimum atomic E-state index is 0.476. The molecule has 22 heavy (non-hydrogen) atoms. The molecule has 2 nitrogen and oxygen atoms in total. The SMILES string of the molecule is CCn1ccc2c3c(ccc21)C(c1ccccc1)CN(C)C3. The molecule has 0 N–H and O–H groups in total. The average molecular weight is 290 g/mol. The lowest BCUT2D eigenvalue weighted by molar-refractivity contribution is 0.297. The number of fused-ring (bicyclic) bond motifs is 3. The lowest BCUT2D eigenvalue weighted by Gasteiger charge is -2.33. The van der Waals surface area contributed by atoms with Crippen molar-refractivity contribution < 1.29 is 0 Å². The van der Waals surface area contributed by atoms with Gasteiger partial charge in [-0.3, -0.25) is 0 Å². The Balaban J connectivity index is 1.91. The molecule has 0 saturated carbocycles. The molecule has 1 aliphatic heterocycles. The minimum absolute atomic E-state index is 0.476. The first-order chi connectivity index (χ1) is 10.8. The zero-order chi connectivity index (χ0) is 15.1. The van der Waals surface area contributed by atoms with Crippen LogP contribution in [0.5, 0.6) is 0 Å². The van der Waals surface area contributed by atoms with Gasteiger partial charge in [-0.15, -0.1) is 0 Å². The predicted molar refractivity (Wildman–Crippen MR) is 92.2 cm³/mol. The first kappa shape index (κ1) is 13.6. The molecule has 1 aliphatic rings. The fourth-order valence-corrected chi connectivity index (χ4v) is 3.84. The summed E-state index contributed by atoms with van der Waals surface area (Å²) in [6.07, 6.45) is 2.22. The number of nitrogens with zero attached hydrogens (tertiary/aromatic N) is 2. The third-order valence-corrected chi connectivity index (χ3v) is 4.94. The number of rotatable bonds is 2. The van der Waals surface area contributed by atoms with E-state index < -0.39 is 0 Å². The number of aromatic nitrogens is 1. The summed E-state index contributed by atoms with van der Waals surface area (Å²) in [6.45, 7) is 5.37. The van der Waals surface area contributed by atoms with Crippen LogP contribution >= 0.6 is 0 Å². The Labute approximate surface area is 132 Å². The van der Waals surface area contributed by atoms with Crippen molar-refractivity contribution in [2.45, 2.75) is 25.9 Å². The van der Waals surface area contributed by atoms with E-state index in [0.29, 0.717) is 5.92 Å². The van der Waals surface area contributed by atoms with Gasteiger partial charge in [-0.05, 0) is 42.8 Å². The van der Waals surface area contributed by atoms with Crippen molar-refractivity contribution in [1.82, 2.24) is 9.47 Å². The first-order valence-electron chi connectivity index (χ1n) is 8.12. The van der Waals surface area contributed by atoms with Crippen LogP contribution in [0, 0.1) is 0 Å². The van der Waals surface area contributed by atoms with Gasteiger partial charge < -0.3 is 9.47 Å². The maximum Gasteiger partial charge on any atom is 0.0483 e. The number of aryl methyl sites for hydroxylation is 1. The van der Waals surface area contributed by atoms with E-state index >= 15 is 0 Å². The van der Waals surface area contributed by atoms with Crippen LogP contribution in [0.3, 0.4) is 0 Å². The summed E-state index contributed by atoms with van der Waals surface area (Å²) in [7, 11) is 2.23. The zero-order valence-corrected chi connectivity index (χ0v) is 13.3. The highest BCUT2D eigenvalue weighted by atomic mass is 15.1. The van der Waals surface area contributed by atoms with Crippen LogP contribution in [0.1, 0.15) is 29.5 Å². The topological polar surface area (TPSA) is 8.17 Å². The number of hydrogen-bond acceptors (Lipinski definition) is 1. The van der Waals surface area contributed by atoms with Gasteiger partial charge >= 0.3 is 0 Å². The third kappa shape index (κ3) is 2.06. The Morgan fingerprint density at radius 2 is 1.86 bits per heavy atom. The lowest BCUT2D eigenvalue weighted by atomic mass is 9.83. The Morgan fingerprint density at radius 3 is 2.64 bits per heavy atom. The number of hydrogen-bond donors (Lipinski definition) is 0. The minimum Gasteiger partial charge on any atom is -0.348 e. The summed E-state index contributed by atoms with van der Waals surface area (Å²) in [6, 6.07) is 17.9. The molecule has 1 atom stereocenters. The summed E-state index contributed by atoms with van der Waals surface area (Å²) < 4.78 is 2.34. The normalized spacial score (nSPS) is 18.5. The second kappa shape index (κ2) is 5.29. The van der Waals surface area contributed by atoms with E-state index in [9.17, 15) is 0 Å². The molecule has 2 heterocycles. The second-order valence-electron chi connectivity index (χ2n) is 6.33. The molecule has 0 radical (unpaired) electrons. The molecular weight excluding hydrogens is 268 g/mol. The Morgan fingerprint density at radius 1 is 1.05 bits per heavy atom. The molecule has 0 spiro atoms. The molecule has 0 saturated heterocycles. The molecule has 4 rings (SSSR count). The highest BCUT2D eigenvalue weighted by Gasteiger charge is 2.26. The monoisotopic (exact) mass is 290 g/mol. The molecule has 0 amide bonds. The van der Waals surface area contributed by atoms with Gasteiger partial charge in [0.05, 0.1) is 0 Å². The molecule has 112 valence electrons. The highest BCUT2D eigenvalue weighted by molar-refractivity contribution is 5.85. The van der Waals surface area contributed by atoms with Gasteiger partial charge in [0.1, 0.15) is 0 Å². The Bertz CT molecular complexity index is 801. The summed E-state index contributed by atoms with van der Waals surface area (Å²) >= 11 is 0. The summed E-state index contributed by atoms with van der Waals surface area (Å²) in [4.78, 5) is 2.45. The first-order valence-corrected chi connectivity index (χ1v) is 8.12. The van der Waals surface area contributed by atoms with E-state index in [0.717, 1.165) is 19.6 Å². The van der Waals surface area contributed by atoms with Gasteiger partial charge in [0.2, 0.25) is 0 Å². The molecule has 3 aromatic rings.